The van der Waals surface area contributed by atoms with Crippen LogP contribution in [-0.2, 0) is 0 Å². The van der Waals surface area contributed by atoms with Crippen LogP contribution >= 0.6 is 0 Å². The number of ether oxygens (including phenoxy) is 1. The van der Waals surface area contributed by atoms with Crippen molar-refractivity contribution in [1.82, 2.24) is 5.16 Å². The van der Waals surface area contributed by atoms with Gasteiger partial charge in [-0.3, -0.25) is 0 Å². The molecule has 1 aromatic carbocycles. The van der Waals surface area contributed by atoms with Gasteiger partial charge >= 0.3 is 0 Å². The van der Waals surface area contributed by atoms with Crippen LogP contribution in [-0.4, -0.2) is 12.3 Å². The molecule has 1 aromatic heterocycles. The second-order valence-electron chi connectivity index (χ2n) is 3.04. The quantitative estimate of drug-likeness (QED) is 0.776. The molecule has 80 valence electrons. The lowest BCUT2D eigenvalue weighted by atomic mass is 10.1. The zero-order valence-electron chi connectivity index (χ0n) is 8.40. The fourth-order valence-electron chi connectivity index (χ4n) is 1.28. The van der Waals surface area contributed by atoms with Gasteiger partial charge in [-0.1, -0.05) is 5.16 Å². The molecule has 0 radical (unpaired) electrons. The Balaban J connectivity index is 2.42. The fraction of sp³-hybridized carbons (Fsp3) is 0.0909. The highest BCUT2D eigenvalue weighted by Crippen LogP contribution is 2.25. The fourth-order valence-corrected chi connectivity index (χ4v) is 1.28. The minimum absolute atomic E-state index is 0.156. The van der Waals surface area contributed by atoms with Crippen molar-refractivity contribution in [2.75, 3.05) is 7.11 Å². The van der Waals surface area contributed by atoms with Crippen molar-refractivity contribution in [1.29, 1.82) is 5.26 Å². The summed E-state index contributed by atoms with van der Waals surface area (Å²) in [7, 11) is 1.39. The molecule has 0 aliphatic rings. The summed E-state index contributed by atoms with van der Waals surface area (Å²) in [5, 5.41) is 12.1. The van der Waals surface area contributed by atoms with Crippen LogP contribution in [0.2, 0.25) is 0 Å². The van der Waals surface area contributed by atoms with E-state index in [4.69, 9.17) is 14.5 Å². The van der Waals surface area contributed by atoms with Gasteiger partial charge in [-0.05, 0) is 18.2 Å². The summed E-state index contributed by atoms with van der Waals surface area (Å²) in [6, 6.07) is 7.65. The van der Waals surface area contributed by atoms with Gasteiger partial charge in [-0.15, -0.1) is 0 Å². The predicted octanol–water partition coefficient (Wildman–Crippen LogP) is 2.36. The first kappa shape index (κ1) is 10.2. The Kier molecular flexibility index (Phi) is 2.56. The Labute approximate surface area is 90.9 Å². The molecule has 2 rings (SSSR count). The van der Waals surface area contributed by atoms with E-state index >= 15 is 0 Å². The Morgan fingerprint density at radius 3 is 2.81 bits per heavy atom. The Bertz CT molecular complexity index is 557. The zero-order valence-corrected chi connectivity index (χ0v) is 8.40. The van der Waals surface area contributed by atoms with Gasteiger partial charge in [0.1, 0.15) is 6.07 Å². The van der Waals surface area contributed by atoms with Gasteiger partial charge in [0.2, 0.25) is 0 Å². The topological polar surface area (TPSA) is 59.0 Å². The maximum Gasteiger partial charge on any atom is 0.184 e. The van der Waals surface area contributed by atoms with Crippen molar-refractivity contribution in [2.45, 2.75) is 0 Å². The van der Waals surface area contributed by atoms with E-state index in [0.29, 0.717) is 11.3 Å². The van der Waals surface area contributed by atoms with Gasteiger partial charge in [-0.25, -0.2) is 4.39 Å². The second kappa shape index (κ2) is 4.03. The zero-order chi connectivity index (χ0) is 11.5. The average Bonchev–Trinajstić information content (AvgIpc) is 2.77. The molecule has 0 atom stereocenters. The van der Waals surface area contributed by atoms with Gasteiger partial charge in [0.25, 0.3) is 0 Å². The number of aromatic nitrogens is 1. The van der Waals surface area contributed by atoms with Gasteiger partial charge in [-0.2, -0.15) is 5.26 Å². The molecule has 0 N–H and O–H groups in total. The summed E-state index contributed by atoms with van der Waals surface area (Å²) in [4.78, 5) is 0. The number of rotatable bonds is 2. The molecule has 0 saturated carbocycles. The van der Waals surface area contributed by atoms with E-state index in [9.17, 15) is 4.39 Å². The molecule has 0 saturated heterocycles. The van der Waals surface area contributed by atoms with Crippen LogP contribution in [0.1, 0.15) is 5.69 Å². The molecule has 2 aromatic rings. The number of methoxy groups -OCH3 is 1. The number of halogens is 1. The monoisotopic (exact) mass is 218 g/mol. The van der Waals surface area contributed by atoms with E-state index in [1.165, 1.54) is 25.3 Å². The molecular formula is C11H7FN2O2. The minimum atomic E-state index is -0.491. The van der Waals surface area contributed by atoms with Crippen LogP contribution in [0.25, 0.3) is 11.3 Å². The summed E-state index contributed by atoms with van der Waals surface area (Å²) in [5.41, 5.74) is 0.665. The highest BCUT2D eigenvalue weighted by atomic mass is 19.1. The van der Waals surface area contributed by atoms with Crippen molar-refractivity contribution in [3.8, 4) is 23.1 Å². The average molecular weight is 218 g/mol. The Morgan fingerprint density at radius 1 is 1.44 bits per heavy atom. The normalized spacial score (nSPS) is 9.81. The van der Waals surface area contributed by atoms with Crippen molar-refractivity contribution in [3.05, 3.63) is 35.8 Å². The van der Waals surface area contributed by atoms with Crippen LogP contribution in [0.4, 0.5) is 4.39 Å². The van der Waals surface area contributed by atoms with E-state index in [-0.39, 0.29) is 11.4 Å². The number of hydrogen-bond acceptors (Lipinski definition) is 4. The van der Waals surface area contributed by atoms with Gasteiger partial charge in [0.15, 0.2) is 23.0 Å². The molecule has 0 unspecified atom stereocenters. The van der Waals surface area contributed by atoms with Crippen LogP contribution in [0.5, 0.6) is 5.75 Å². The van der Waals surface area contributed by atoms with E-state index in [1.54, 1.807) is 6.07 Å². The van der Waals surface area contributed by atoms with E-state index in [1.807, 2.05) is 6.07 Å². The van der Waals surface area contributed by atoms with Gasteiger partial charge in [0.05, 0.1) is 7.11 Å². The smallest absolute Gasteiger partial charge is 0.184 e. The van der Waals surface area contributed by atoms with Crippen LogP contribution in [0.15, 0.2) is 28.8 Å². The first-order chi connectivity index (χ1) is 7.74. The summed E-state index contributed by atoms with van der Waals surface area (Å²) in [6.45, 7) is 0. The molecule has 0 fully saturated rings. The molecule has 0 aliphatic heterocycles. The predicted molar refractivity (Wildman–Crippen MR) is 53.2 cm³/mol. The molecule has 16 heavy (non-hydrogen) atoms. The lowest BCUT2D eigenvalue weighted by molar-refractivity contribution is 0.386. The highest BCUT2D eigenvalue weighted by molar-refractivity contribution is 5.59. The van der Waals surface area contributed by atoms with E-state index in [2.05, 4.69) is 5.16 Å². The minimum Gasteiger partial charge on any atom is -0.494 e. The van der Waals surface area contributed by atoms with Crippen LogP contribution in [0, 0.1) is 17.1 Å². The van der Waals surface area contributed by atoms with Crippen LogP contribution in [0.3, 0.4) is 0 Å². The third-order valence-electron chi connectivity index (χ3n) is 2.06. The Morgan fingerprint density at radius 2 is 2.25 bits per heavy atom. The maximum atomic E-state index is 13.4. The summed E-state index contributed by atoms with van der Waals surface area (Å²) in [5.74, 6) is 0.0109. The summed E-state index contributed by atoms with van der Waals surface area (Å²) in [6.07, 6.45) is 0. The number of nitriles is 1. The van der Waals surface area contributed by atoms with E-state index < -0.39 is 5.82 Å². The third kappa shape index (κ3) is 1.73. The lowest BCUT2D eigenvalue weighted by Gasteiger charge is -2.02. The van der Waals surface area contributed by atoms with Gasteiger partial charge in [0, 0.05) is 11.6 Å². The molecule has 5 heteroatoms. The summed E-state index contributed by atoms with van der Waals surface area (Å²) >= 11 is 0. The van der Waals surface area contributed by atoms with Crippen molar-refractivity contribution in [2.24, 2.45) is 0 Å². The standard InChI is InChI=1S/C11H7FN2O2/c1-15-10-3-2-7(4-9(10)12)11-5-8(6-13)14-16-11/h2-5H,1H3. The third-order valence-corrected chi connectivity index (χ3v) is 2.06. The maximum absolute atomic E-state index is 13.4. The number of nitrogens with zero attached hydrogens (tertiary/aromatic N) is 2. The largest absolute Gasteiger partial charge is 0.494 e. The highest BCUT2D eigenvalue weighted by Gasteiger charge is 2.09. The van der Waals surface area contributed by atoms with Crippen LogP contribution < -0.4 is 4.74 Å². The molecule has 0 bridgehead atoms. The lowest BCUT2D eigenvalue weighted by Crippen LogP contribution is -1.87. The molecule has 4 nitrogen and oxygen atoms in total. The SMILES string of the molecule is COc1ccc(-c2cc(C#N)no2)cc1F. The second-order valence-corrected chi connectivity index (χ2v) is 3.04. The Hall–Kier alpha value is -2.35. The summed E-state index contributed by atoms with van der Waals surface area (Å²) < 4.78 is 23.1. The van der Waals surface area contributed by atoms with Crippen molar-refractivity contribution >= 4 is 0 Å². The van der Waals surface area contributed by atoms with E-state index in [0.717, 1.165) is 0 Å². The van der Waals surface area contributed by atoms with Gasteiger partial charge < -0.3 is 9.26 Å². The van der Waals surface area contributed by atoms with Crippen molar-refractivity contribution < 1.29 is 13.7 Å². The molecule has 0 amide bonds. The number of benzene rings is 1. The number of hydrogen-bond donors (Lipinski definition) is 0. The molecule has 0 spiro atoms. The first-order valence-electron chi connectivity index (χ1n) is 4.45. The molecule has 0 aliphatic carbocycles. The molecular weight excluding hydrogens is 211 g/mol. The van der Waals surface area contributed by atoms with Crippen molar-refractivity contribution in [3.63, 3.8) is 0 Å². The molecule has 1 heterocycles. The first-order valence-corrected chi connectivity index (χ1v) is 4.45.